The molecular formula is C24H21FN2O4. The first kappa shape index (κ1) is 21.6. The summed E-state index contributed by atoms with van der Waals surface area (Å²) in [6, 6.07) is 20.6. The van der Waals surface area contributed by atoms with Gasteiger partial charge in [0.05, 0.1) is 7.11 Å². The van der Waals surface area contributed by atoms with Crippen molar-refractivity contribution in [1.29, 1.82) is 0 Å². The number of amides is 2. The van der Waals surface area contributed by atoms with Gasteiger partial charge in [-0.1, -0.05) is 36.4 Å². The summed E-state index contributed by atoms with van der Waals surface area (Å²) >= 11 is 0. The molecule has 0 aliphatic heterocycles. The number of methoxy groups -OCH3 is 1. The second-order valence-electron chi connectivity index (χ2n) is 6.47. The second kappa shape index (κ2) is 10.6. The summed E-state index contributed by atoms with van der Waals surface area (Å²) in [4.78, 5) is 24.1. The van der Waals surface area contributed by atoms with Crippen molar-refractivity contribution >= 4 is 17.9 Å². The number of nitrogens with one attached hydrogen (secondary N) is 2. The predicted molar refractivity (Wildman–Crippen MR) is 115 cm³/mol. The summed E-state index contributed by atoms with van der Waals surface area (Å²) in [5.41, 5.74) is 6.37. The smallest absolute Gasteiger partial charge is 0.269 e. The maximum atomic E-state index is 13.7. The Balaban J connectivity index is 1.47. The minimum Gasteiger partial charge on any atom is -0.494 e. The largest absolute Gasteiger partial charge is 0.494 e. The Labute approximate surface area is 179 Å². The van der Waals surface area contributed by atoms with Crippen LogP contribution in [0.3, 0.4) is 0 Å². The number of hydrogen-bond acceptors (Lipinski definition) is 4. The topological polar surface area (TPSA) is 76.7 Å². The lowest BCUT2D eigenvalue weighted by Gasteiger charge is -2.08. The van der Waals surface area contributed by atoms with Crippen LogP contribution >= 0.6 is 0 Å². The Morgan fingerprint density at radius 1 is 0.968 bits per heavy atom. The van der Waals surface area contributed by atoms with Crippen molar-refractivity contribution in [1.82, 2.24) is 10.9 Å². The number of hydrogen-bond donors (Lipinski definition) is 2. The average molecular weight is 420 g/mol. The molecule has 0 saturated heterocycles. The normalized spacial score (nSPS) is 10.5. The van der Waals surface area contributed by atoms with Crippen molar-refractivity contribution in [3.8, 4) is 11.5 Å². The first-order valence-corrected chi connectivity index (χ1v) is 9.44. The number of ether oxygens (including phenoxy) is 2. The molecule has 3 rings (SSSR count). The monoisotopic (exact) mass is 420 g/mol. The molecule has 158 valence electrons. The highest BCUT2D eigenvalue weighted by Crippen LogP contribution is 2.18. The van der Waals surface area contributed by atoms with Crippen LogP contribution < -0.4 is 20.3 Å². The third kappa shape index (κ3) is 6.43. The molecule has 0 fully saturated rings. The first-order valence-electron chi connectivity index (χ1n) is 9.44. The van der Waals surface area contributed by atoms with E-state index in [1.165, 1.54) is 31.4 Å². The number of benzene rings is 3. The Morgan fingerprint density at radius 3 is 2.39 bits per heavy atom. The van der Waals surface area contributed by atoms with E-state index >= 15 is 0 Å². The van der Waals surface area contributed by atoms with Crippen molar-refractivity contribution in [3.63, 3.8) is 0 Å². The zero-order chi connectivity index (χ0) is 22.1. The summed E-state index contributed by atoms with van der Waals surface area (Å²) in [6.07, 6.45) is 2.61. The van der Waals surface area contributed by atoms with Crippen LogP contribution in [0, 0.1) is 5.82 Å². The molecule has 0 aliphatic rings. The number of carbonyl (C=O) groups excluding carboxylic acids is 2. The lowest BCUT2D eigenvalue weighted by Crippen LogP contribution is -2.40. The summed E-state index contributed by atoms with van der Waals surface area (Å²) in [6.45, 7) is 0.374. The number of hydrazine groups is 1. The number of carbonyl (C=O) groups is 2. The van der Waals surface area contributed by atoms with E-state index in [9.17, 15) is 14.0 Å². The van der Waals surface area contributed by atoms with Crippen molar-refractivity contribution in [3.05, 3.63) is 101 Å². The van der Waals surface area contributed by atoms with Gasteiger partial charge >= 0.3 is 0 Å². The van der Waals surface area contributed by atoms with E-state index < -0.39 is 17.6 Å². The minimum atomic E-state index is -0.558. The highest BCUT2D eigenvalue weighted by Gasteiger charge is 2.07. The van der Waals surface area contributed by atoms with Crippen LogP contribution in [0.1, 0.15) is 21.5 Å². The van der Waals surface area contributed by atoms with Crippen LogP contribution in [0.5, 0.6) is 11.5 Å². The quantitative estimate of drug-likeness (QED) is 0.449. The van der Waals surface area contributed by atoms with E-state index in [1.807, 2.05) is 30.3 Å². The first-order chi connectivity index (χ1) is 15.0. The van der Waals surface area contributed by atoms with Crippen LogP contribution in [0.15, 0.2) is 78.9 Å². The molecule has 0 spiro atoms. The van der Waals surface area contributed by atoms with Crippen molar-refractivity contribution in [2.45, 2.75) is 6.61 Å². The van der Waals surface area contributed by atoms with Crippen LogP contribution in [-0.2, 0) is 11.4 Å². The molecule has 0 bridgehead atoms. The van der Waals surface area contributed by atoms with Gasteiger partial charge in [0.25, 0.3) is 11.8 Å². The standard InChI is InChI=1S/C24H21FN2O4/c1-30-22-13-9-17(15-21(22)25)10-14-23(28)26-27-24(29)19-11-7-18(8-12-19)16-31-20-5-3-2-4-6-20/h2-15H,16H2,1H3,(H,26,28)(H,27,29)/b14-10+. The molecule has 2 amide bonds. The van der Waals surface area contributed by atoms with Gasteiger partial charge < -0.3 is 9.47 Å². The van der Waals surface area contributed by atoms with Crippen molar-refractivity contribution < 1.29 is 23.5 Å². The van der Waals surface area contributed by atoms with Gasteiger partial charge in [-0.25, -0.2) is 4.39 Å². The third-order valence-electron chi connectivity index (χ3n) is 4.27. The molecule has 2 N–H and O–H groups in total. The fraction of sp³-hybridized carbons (Fsp3) is 0.0833. The molecule has 0 saturated carbocycles. The van der Waals surface area contributed by atoms with Crippen LogP contribution in [-0.4, -0.2) is 18.9 Å². The fourth-order valence-electron chi connectivity index (χ4n) is 2.63. The fourth-order valence-corrected chi connectivity index (χ4v) is 2.63. The van der Waals surface area contributed by atoms with Gasteiger partial charge in [0.1, 0.15) is 12.4 Å². The van der Waals surface area contributed by atoms with E-state index in [0.29, 0.717) is 17.7 Å². The van der Waals surface area contributed by atoms with Gasteiger partial charge in [0.2, 0.25) is 0 Å². The Morgan fingerprint density at radius 2 is 1.71 bits per heavy atom. The molecular weight excluding hydrogens is 399 g/mol. The number of rotatable bonds is 7. The Hall–Kier alpha value is -4.13. The molecule has 0 radical (unpaired) electrons. The van der Waals surface area contributed by atoms with Crippen molar-refractivity contribution in [2.75, 3.05) is 7.11 Å². The van der Waals surface area contributed by atoms with Crippen molar-refractivity contribution in [2.24, 2.45) is 0 Å². The molecule has 7 heteroatoms. The third-order valence-corrected chi connectivity index (χ3v) is 4.27. The van der Waals surface area contributed by atoms with E-state index in [1.54, 1.807) is 30.3 Å². The van der Waals surface area contributed by atoms with E-state index in [0.717, 1.165) is 11.3 Å². The number of para-hydroxylation sites is 1. The Bertz CT molecular complexity index is 1070. The second-order valence-corrected chi connectivity index (χ2v) is 6.47. The maximum absolute atomic E-state index is 13.7. The molecule has 6 nitrogen and oxygen atoms in total. The summed E-state index contributed by atoms with van der Waals surface area (Å²) in [5, 5.41) is 0. The summed E-state index contributed by atoms with van der Waals surface area (Å²) in [7, 11) is 1.37. The molecule has 3 aromatic rings. The van der Waals surface area contributed by atoms with Gasteiger partial charge in [-0.15, -0.1) is 0 Å². The lowest BCUT2D eigenvalue weighted by atomic mass is 10.1. The van der Waals surface area contributed by atoms with Crippen LogP contribution in [0.4, 0.5) is 4.39 Å². The highest BCUT2D eigenvalue weighted by molar-refractivity contribution is 5.97. The zero-order valence-electron chi connectivity index (χ0n) is 16.8. The van der Waals surface area contributed by atoms with Gasteiger partial charge in [0, 0.05) is 11.6 Å². The van der Waals surface area contributed by atoms with E-state index in [2.05, 4.69) is 10.9 Å². The molecule has 0 atom stereocenters. The van der Waals surface area contributed by atoms with E-state index in [-0.39, 0.29) is 5.75 Å². The van der Waals surface area contributed by atoms with Gasteiger partial charge in [0.15, 0.2) is 11.6 Å². The maximum Gasteiger partial charge on any atom is 0.269 e. The molecule has 0 aromatic heterocycles. The molecule has 0 heterocycles. The molecule has 31 heavy (non-hydrogen) atoms. The summed E-state index contributed by atoms with van der Waals surface area (Å²) in [5.74, 6) is -0.676. The predicted octanol–water partition coefficient (Wildman–Crippen LogP) is 3.89. The van der Waals surface area contributed by atoms with E-state index in [4.69, 9.17) is 9.47 Å². The van der Waals surface area contributed by atoms with Crippen LogP contribution in [0.2, 0.25) is 0 Å². The average Bonchev–Trinajstić information content (AvgIpc) is 2.81. The van der Waals surface area contributed by atoms with Gasteiger partial charge in [-0.2, -0.15) is 0 Å². The van der Waals surface area contributed by atoms with Gasteiger partial charge in [-0.3, -0.25) is 20.4 Å². The molecule has 0 aliphatic carbocycles. The van der Waals surface area contributed by atoms with Gasteiger partial charge in [-0.05, 0) is 53.6 Å². The summed E-state index contributed by atoms with van der Waals surface area (Å²) < 4.78 is 24.2. The van der Waals surface area contributed by atoms with Crippen LogP contribution in [0.25, 0.3) is 6.08 Å². The minimum absolute atomic E-state index is 0.117. The lowest BCUT2D eigenvalue weighted by molar-refractivity contribution is -0.117. The SMILES string of the molecule is COc1ccc(/C=C/C(=O)NNC(=O)c2ccc(COc3ccccc3)cc2)cc1F. The molecule has 0 unspecified atom stereocenters. The Kier molecular flexibility index (Phi) is 7.37. The molecule has 3 aromatic carbocycles. The zero-order valence-corrected chi connectivity index (χ0v) is 16.8. The number of halogens is 1. The highest BCUT2D eigenvalue weighted by atomic mass is 19.1.